The highest BCUT2D eigenvalue weighted by molar-refractivity contribution is 6.30. The van der Waals surface area contributed by atoms with Crippen molar-refractivity contribution in [2.24, 2.45) is 5.73 Å². The molecule has 1 aromatic heterocycles. The van der Waals surface area contributed by atoms with Crippen molar-refractivity contribution in [2.75, 3.05) is 5.32 Å². The summed E-state index contributed by atoms with van der Waals surface area (Å²) in [6, 6.07) is 8.50. The largest absolute Gasteiger partial charge is 0.380 e. The second kappa shape index (κ2) is 5.77. The molecule has 1 heterocycles. The van der Waals surface area contributed by atoms with E-state index in [9.17, 15) is 4.79 Å². The molecule has 0 bridgehead atoms. The van der Waals surface area contributed by atoms with Gasteiger partial charge in [0.15, 0.2) is 0 Å². The number of halogens is 1. The molecule has 1 aromatic carbocycles. The molecule has 0 spiro atoms. The molecule has 0 aliphatic heterocycles. The molecule has 1 fully saturated rings. The second-order valence-electron chi connectivity index (χ2n) is 5.45. The van der Waals surface area contributed by atoms with Gasteiger partial charge in [-0.25, -0.2) is 0 Å². The maximum absolute atomic E-state index is 10.8. The standard InChI is InChI=1S/C15H17ClN4O/c16-12-3-1-10(2-4-12)11-5-13(6-11)19-14-7-18-20(8-14)9-15(17)21/h1-4,7-8,11,13,19H,5-6,9H2,(H2,17,21). The Bertz CT molecular complexity index is 631. The number of anilines is 1. The molecule has 0 atom stereocenters. The molecular formula is C15H17ClN4O. The average molecular weight is 305 g/mol. The summed E-state index contributed by atoms with van der Waals surface area (Å²) in [7, 11) is 0. The van der Waals surface area contributed by atoms with Crippen LogP contribution >= 0.6 is 11.6 Å². The number of nitrogens with zero attached hydrogens (tertiary/aromatic N) is 2. The van der Waals surface area contributed by atoms with E-state index in [1.54, 1.807) is 17.1 Å². The highest BCUT2D eigenvalue weighted by atomic mass is 35.5. The SMILES string of the molecule is NC(=O)Cn1cc(NC2CC(c3ccc(Cl)cc3)C2)cn1. The first-order chi connectivity index (χ1) is 10.1. The molecule has 0 unspecified atom stereocenters. The Hall–Kier alpha value is -2.01. The minimum atomic E-state index is -0.393. The first-order valence-electron chi connectivity index (χ1n) is 6.93. The van der Waals surface area contributed by atoms with Crippen LogP contribution in [0, 0.1) is 0 Å². The molecule has 1 aliphatic rings. The van der Waals surface area contributed by atoms with Gasteiger partial charge >= 0.3 is 0 Å². The monoisotopic (exact) mass is 304 g/mol. The van der Waals surface area contributed by atoms with Gasteiger partial charge in [-0.2, -0.15) is 5.10 Å². The lowest BCUT2D eigenvalue weighted by Crippen LogP contribution is -2.33. The number of nitrogens with two attached hydrogens (primary N) is 1. The van der Waals surface area contributed by atoms with E-state index in [4.69, 9.17) is 17.3 Å². The Morgan fingerprint density at radius 1 is 1.38 bits per heavy atom. The number of rotatable bonds is 5. The predicted molar refractivity (Wildman–Crippen MR) is 82.3 cm³/mol. The summed E-state index contributed by atoms with van der Waals surface area (Å²) in [5.41, 5.74) is 7.40. The molecule has 6 heteroatoms. The third-order valence-corrected chi connectivity index (χ3v) is 4.05. The molecular weight excluding hydrogens is 288 g/mol. The van der Waals surface area contributed by atoms with Gasteiger partial charge in [-0.3, -0.25) is 9.48 Å². The number of benzene rings is 1. The molecule has 110 valence electrons. The number of hydrogen-bond acceptors (Lipinski definition) is 3. The minimum Gasteiger partial charge on any atom is -0.380 e. The number of nitrogens with one attached hydrogen (secondary N) is 1. The van der Waals surface area contributed by atoms with Crippen molar-refractivity contribution in [3.63, 3.8) is 0 Å². The van der Waals surface area contributed by atoms with Gasteiger partial charge in [0, 0.05) is 17.3 Å². The summed E-state index contributed by atoms with van der Waals surface area (Å²) >= 11 is 5.90. The van der Waals surface area contributed by atoms with Crippen molar-refractivity contribution >= 4 is 23.2 Å². The zero-order chi connectivity index (χ0) is 14.8. The lowest BCUT2D eigenvalue weighted by Gasteiger charge is -2.36. The Morgan fingerprint density at radius 3 is 2.76 bits per heavy atom. The fourth-order valence-electron chi connectivity index (χ4n) is 2.66. The van der Waals surface area contributed by atoms with Crippen LogP contribution < -0.4 is 11.1 Å². The van der Waals surface area contributed by atoms with E-state index in [1.807, 2.05) is 12.1 Å². The summed E-state index contributed by atoms with van der Waals surface area (Å²) in [5.74, 6) is 0.191. The third kappa shape index (κ3) is 3.36. The van der Waals surface area contributed by atoms with Crippen LogP contribution in [0.15, 0.2) is 36.7 Å². The van der Waals surface area contributed by atoms with Gasteiger partial charge < -0.3 is 11.1 Å². The smallest absolute Gasteiger partial charge is 0.239 e. The van der Waals surface area contributed by atoms with Crippen LogP contribution in [0.3, 0.4) is 0 Å². The van der Waals surface area contributed by atoms with Crippen molar-refractivity contribution in [3.8, 4) is 0 Å². The van der Waals surface area contributed by atoms with Crippen molar-refractivity contribution in [2.45, 2.75) is 31.3 Å². The van der Waals surface area contributed by atoms with Gasteiger partial charge in [0.2, 0.25) is 5.91 Å². The highest BCUT2D eigenvalue weighted by Crippen LogP contribution is 2.38. The Morgan fingerprint density at radius 2 is 2.10 bits per heavy atom. The van der Waals surface area contributed by atoms with Crippen LogP contribution in [0.2, 0.25) is 5.02 Å². The Labute approximate surface area is 128 Å². The first-order valence-corrected chi connectivity index (χ1v) is 7.30. The maximum Gasteiger partial charge on any atom is 0.239 e. The summed E-state index contributed by atoms with van der Waals surface area (Å²) in [6.07, 6.45) is 5.70. The van der Waals surface area contributed by atoms with Crippen molar-refractivity contribution in [1.29, 1.82) is 0 Å². The molecule has 5 nitrogen and oxygen atoms in total. The Kier molecular flexibility index (Phi) is 3.84. The number of primary amides is 1. The fourth-order valence-corrected chi connectivity index (χ4v) is 2.79. The number of carbonyl (C=O) groups excluding carboxylic acids is 1. The fraction of sp³-hybridized carbons (Fsp3) is 0.333. The maximum atomic E-state index is 10.8. The van der Waals surface area contributed by atoms with Crippen molar-refractivity contribution in [1.82, 2.24) is 9.78 Å². The molecule has 3 N–H and O–H groups in total. The van der Waals surface area contributed by atoms with Gasteiger partial charge in [-0.05, 0) is 36.5 Å². The van der Waals surface area contributed by atoms with Gasteiger partial charge in [0.1, 0.15) is 6.54 Å². The van der Waals surface area contributed by atoms with Crippen molar-refractivity contribution in [3.05, 3.63) is 47.2 Å². The van der Waals surface area contributed by atoms with Gasteiger partial charge in [-0.1, -0.05) is 23.7 Å². The van der Waals surface area contributed by atoms with E-state index in [1.165, 1.54) is 5.56 Å². The molecule has 2 aromatic rings. The first kappa shape index (κ1) is 13.9. The molecule has 21 heavy (non-hydrogen) atoms. The van der Waals surface area contributed by atoms with Gasteiger partial charge in [0.25, 0.3) is 0 Å². The minimum absolute atomic E-state index is 0.111. The van der Waals surface area contributed by atoms with Crippen LogP contribution in [0.4, 0.5) is 5.69 Å². The van der Waals surface area contributed by atoms with Crippen LogP contribution in [0.25, 0.3) is 0 Å². The second-order valence-corrected chi connectivity index (χ2v) is 5.89. The summed E-state index contributed by atoms with van der Waals surface area (Å²) in [6.45, 7) is 0.111. The summed E-state index contributed by atoms with van der Waals surface area (Å²) in [4.78, 5) is 10.8. The summed E-state index contributed by atoms with van der Waals surface area (Å²) in [5, 5.41) is 8.29. The average Bonchev–Trinajstić information content (AvgIpc) is 2.81. The number of amides is 1. The zero-order valence-corrected chi connectivity index (χ0v) is 12.3. The normalized spacial score (nSPS) is 20.8. The molecule has 0 radical (unpaired) electrons. The van der Waals surface area contributed by atoms with E-state index >= 15 is 0 Å². The molecule has 1 aliphatic carbocycles. The van der Waals surface area contributed by atoms with Gasteiger partial charge in [-0.15, -0.1) is 0 Å². The zero-order valence-electron chi connectivity index (χ0n) is 11.5. The third-order valence-electron chi connectivity index (χ3n) is 3.80. The van der Waals surface area contributed by atoms with Crippen LogP contribution in [-0.4, -0.2) is 21.7 Å². The van der Waals surface area contributed by atoms with E-state index in [0.717, 1.165) is 23.6 Å². The lowest BCUT2D eigenvalue weighted by molar-refractivity contribution is -0.118. The Balaban J connectivity index is 1.51. The van der Waals surface area contributed by atoms with Crippen molar-refractivity contribution < 1.29 is 4.79 Å². The quantitative estimate of drug-likeness (QED) is 0.890. The number of hydrogen-bond donors (Lipinski definition) is 2. The van der Waals surface area contributed by atoms with E-state index in [-0.39, 0.29) is 6.54 Å². The van der Waals surface area contributed by atoms with Crippen LogP contribution in [0.1, 0.15) is 24.3 Å². The highest BCUT2D eigenvalue weighted by Gasteiger charge is 2.30. The van der Waals surface area contributed by atoms with Crippen LogP contribution in [-0.2, 0) is 11.3 Å². The van der Waals surface area contributed by atoms with E-state index < -0.39 is 5.91 Å². The molecule has 1 saturated carbocycles. The molecule has 1 amide bonds. The molecule has 0 saturated heterocycles. The van der Waals surface area contributed by atoms with E-state index in [2.05, 4.69) is 22.5 Å². The topological polar surface area (TPSA) is 72.9 Å². The van der Waals surface area contributed by atoms with Gasteiger partial charge in [0.05, 0.1) is 11.9 Å². The number of carbonyl (C=O) groups is 1. The predicted octanol–water partition coefficient (Wildman–Crippen LogP) is 2.38. The molecule has 3 rings (SSSR count). The van der Waals surface area contributed by atoms with Crippen LogP contribution in [0.5, 0.6) is 0 Å². The van der Waals surface area contributed by atoms with E-state index in [0.29, 0.717) is 12.0 Å². The lowest BCUT2D eigenvalue weighted by atomic mass is 9.76. The number of aromatic nitrogens is 2. The summed E-state index contributed by atoms with van der Waals surface area (Å²) < 4.78 is 1.54.